The average Bonchev–Trinajstić information content (AvgIpc) is 2.73. The van der Waals surface area contributed by atoms with Crippen LogP contribution >= 0.6 is 0 Å². The first kappa shape index (κ1) is 17.6. The van der Waals surface area contributed by atoms with E-state index in [9.17, 15) is 14.0 Å². The van der Waals surface area contributed by atoms with Crippen LogP contribution in [0.15, 0.2) is 12.4 Å². The Labute approximate surface area is 136 Å². The van der Waals surface area contributed by atoms with Gasteiger partial charge in [-0.1, -0.05) is 6.58 Å². The smallest absolute Gasteiger partial charge is 0.410 e. The lowest BCUT2D eigenvalue weighted by molar-refractivity contribution is 0.0127. The van der Waals surface area contributed by atoms with Crippen LogP contribution in [-0.4, -0.2) is 70.7 Å². The summed E-state index contributed by atoms with van der Waals surface area (Å²) in [5, 5.41) is 0. The Morgan fingerprint density at radius 3 is 2.61 bits per heavy atom. The highest BCUT2D eigenvalue weighted by molar-refractivity contribution is 5.78. The maximum Gasteiger partial charge on any atom is 0.410 e. The van der Waals surface area contributed by atoms with Crippen LogP contribution in [-0.2, 0) is 4.74 Å². The van der Waals surface area contributed by atoms with Crippen LogP contribution in [0.4, 0.5) is 14.0 Å². The maximum absolute atomic E-state index is 13.0. The molecule has 7 heteroatoms. The van der Waals surface area contributed by atoms with E-state index in [0.717, 1.165) is 0 Å². The third-order valence-corrected chi connectivity index (χ3v) is 4.08. The predicted octanol–water partition coefficient (Wildman–Crippen LogP) is 2.61. The molecule has 0 aromatic rings. The highest BCUT2D eigenvalue weighted by atomic mass is 19.1. The van der Waals surface area contributed by atoms with Gasteiger partial charge < -0.3 is 19.4 Å². The van der Waals surface area contributed by atoms with Crippen molar-refractivity contribution in [3.8, 4) is 0 Å². The molecule has 2 aliphatic rings. The van der Waals surface area contributed by atoms with Crippen LogP contribution in [0.25, 0.3) is 0 Å². The maximum atomic E-state index is 13.0. The Bertz CT molecular complexity index is 503. The van der Waals surface area contributed by atoms with Gasteiger partial charge in [0.15, 0.2) is 0 Å². The summed E-state index contributed by atoms with van der Waals surface area (Å²) in [6.07, 6.45) is -0.213. The van der Waals surface area contributed by atoms with Gasteiger partial charge in [-0.2, -0.15) is 0 Å². The fourth-order valence-corrected chi connectivity index (χ4v) is 3.03. The van der Waals surface area contributed by atoms with Crippen molar-refractivity contribution < 1.29 is 18.7 Å². The van der Waals surface area contributed by atoms with Crippen molar-refractivity contribution in [2.45, 2.75) is 51.8 Å². The molecule has 0 aromatic heterocycles. The number of hydrogen-bond donors (Lipinski definition) is 0. The number of fused-ring (bicyclic) bond motifs is 1. The summed E-state index contributed by atoms with van der Waals surface area (Å²) < 4.78 is 18.4. The molecule has 0 aromatic carbocycles. The van der Waals surface area contributed by atoms with E-state index < -0.39 is 11.4 Å². The van der Waals surface area contributed by atoms with E-state index in [4.69, 9.17) is 4.74 Å². The first-order valence-corrected chi connectivity index (χ1v) is 7.97. The molecule has 6 nitrogen and oxygen atoms in total. The minimum absolute atomic E-state index is 0.0703. The van der Waals surface area contributed by atoms with Crippen molar-refractivity contribution >= 4 is 12.1 Å². The number of piperazine rings is 1. The van der Waals surface area contributed by atoms with Crippen LogP contribution in [0, 0.1) is 0 Å². The zero-order valence-corrected chi connectivity index (χ0v) is 14.3. The lowest BCUT2D eigenvalue weighted by Crippen LogP contribution is -2.54. The molecule has 2 heterocycles. The van der Waals surface area contributed by atoms with E-state index in [1.165, 1.54) is 0 Å². The number of carbonyl (C=O) groups is 2. The van der Waals surface area contributed by atoms with E-state index >= 15 is 0 Å². The minimum Gasteiger partial charge on any atom is -0.444 e. The predicted molar refractivity (Wildman–Crippen MR) is 84.7 cm³/mol. The van der Waals surface area contributed by atoms with E-state index in [1.54, 1.807) is 14.7 Å². The second kappa shape index (κ2) is 6.37. The highest BCUT2D eigenvalue weighted by Crippen LogP contribution is 2.25. The fraction of sp³-hybridized carbons (Fsp3) is 0.750. The summed E-state index contributed by atoms with van der Waals surface area (Å²) in [5.74, 6) is -0.425. The van der Waals surface area contributed by atoms with E-state index in [-0.39, 0.29) is 30.6 Å². The largest absolute Gasteiger partial charge is 0.444 e. The van der Waals surface area contributed by atoms with E-state index in [0.29, 0.717) is 26.2 Å². The molecule has 0 spiro atoms. The minimum atomic E-state index is -0.540. The molecule has 1 unspecified atom stereocenters. The van der Waals surface area contributed by atoms with Crippen molar-refractivity contribution in [2.75, 3.05) is 26.2 Å². The van der Waals surface area contributed by atoms with Gasteiger partial charge >= 0.3 is 12.1 Å². The SMILES string of the molecule is C=C(F)CC(C)N1C[C@@H]2CN(C(=O)OC(C)(C)C)CCN2C1=O. The molecule has 0 aliphatic carbocycles. The number of nitrogens with zero attached hydrogens (tertiary/aromatic N) is 3. The molecule has 2 rings (SSSR count). The standard InChI is InChI=1S/C16H26FN3O3/c1-11(17)8-12(2)20-10-13-9-18(6-7-19(13)14(20)21)15(22)23-16(3,4)5/h12-13H,1,6-10H2,2-5H3/t12?,13-/m0/s1. The van der Waals surface area contributed by atoms with Crippen molar-refractivity contribution in [2.24, 2.45) is 0 Å². The van der Waals surface area contributed by atoms with E-state index in [2.05, 4.69) is 6.58 Å². The van der Waals surface area contributed by atoms with Gasteiger partial charge in [-0.25, -0.2) is 14.0 Å². The Balaban J connectivity index is 1.98. The number of halogens is 1. The number of amides is 3. The molecule has 0 radical (unpaired) electrons. The summed E-state index contributed by atoms with van der Waals surface area (Å²) in [7, 11) is 0. The molecule has 2 aliphatic heterocycles. The molecule has 2 saturated heterocycles. The third kappa shape index (κ3) is 4.14. The average molecular weight is 327 g/mol. The molecule has 0 saturated carbocycles. The molecule has 3 amide bonds. The monoisotopic (exact) mass is 327 g/mol. The van der Waals surface area contributed by atoms with Crippen molar-refractivity contribution in [1.29, 1.82) is 0 Å². The molecular formula is C16H26FN3O3. The summed E-state index contributed by atoms with van der Waals surface area (Å²) >= 11 is 0. The van der Waals surface area contributed by atoms with Gasteiger partial charge in [0.25, 0.3) is 0 Å². The summed E-state index contributed by atoms with van der Waals surface area (Å²) in [6, 6.07) is -0.396. The molecule has 0 N–H and O–H groups in total. The lowest BCUT2D eigenvalue weighted by Gasteiger charge is -2.37. The Kier molecular flexibility index (Phi) is 4.87. The van der Waals surface area contributed by atoms with Gasteiger partial charge in [0.1, 0.15) is 5.60 Å². The summed E-state index contributed by atoms with van der Waals surface area (Å²) in [4.78, 5) is 29.7. The molecule has 2 atom stereocenters. The van der Waals surface area contributed by atoms with Gasteiger partial charge in [-0.3, -0.25) is 0 Å². The number of urea groups is 1. The molecular weight excluding hydrogens is 301 g/mol. The molecule has 2 fully saturated rings. The Hall–Kier alpha value is -1.79. The number of hydrogen-bond acceptors (Lipinski definition) is 3. The zero-order chi connectivity index (χ0) is 17.4. The molecule has 130 valence electrons. The summed E-state index contributed by atoms with van der Waals surface area (Å²) in [5.41, 5.74) is -0.540. The van der Waals surface area contributed by atoms with Gasteiger partial charge in [-0.05, 0) is 27.7 Å². The highest BCUT2D eigenvalue weighted by Gasteiger charge is 2.43. The second-order valence-electron chi connectivity index (χ2n) is 7.28. The van der Waals surface area contributed by atoms with Gasteiger partial charge in [0.05, 0.1) is 11.9 Å². The van der Waals surface area contributed by atoms with E-state index in [1.807, 2.05) is 27.7 Å². The topological polar surface area (TPSA) is 53.1 Å². The fourth-order valence-electron chi connectivity index (χ4n) is 3.03. The third-order valence-electron chi connectivity index (χ3n) is 4.08. The summed E-state index contributed by atoms with van der Waals surface area (Å²) in [6.45, 7) is 12.4. The normalized spacial score (nSPS) is 22.9. The van der Waals surface area contributed by atoms with Crippen LogP contribution in [0.1, 0.15) is 34.1 Å². The van der Waals surface area contributed by atoms with Gasteiger partial charge in [-0.15, -0.1) is 0 Å². The molecule has 23 heavy (non-hydrogen) atoms. The van der Waals surface area contributed by atoms with Crippen molar-refractivity contribution in [3.05, 3.63) is 12.4 Å². The van der Waals surface area contributed by atoms with Crippen LogP contribution in [0.2, 0.25) is 0 Å². The Morgan fingerprint density at radius 1 is 1.39 bits per heavy atom. The van der Waals surface area contributed by atoms with Crippen LogP contribution < -0.4 is 0 Å². The van der Waals surface area contributed by atoms with Crippen LogP contribution in [0.3, 0.4) is 0 Å². The quantitative estimate of drug-likeness (QED) is 0.801. The number of ether oxygens (including phenoxy) is 1. The second-order valence-corrected chi connectivity index (χ2v) is 7.28. The Morgan fingerprint density at radius 2 is 2.04 bits per heavy atom. The first-order chi connectivity index (χ1) is 10.6. The first-order valence-electron chi connectivity index (χ1n) is 7.97. The molecule has 0 bridgehead atoms. The van der Waals surface area contributed by atoms with Crippen LogP contribution in [0.5, 0.6) is 0 Å². The van der Waals surface area contributed by atoms with Crippen molar-refractivity contribution in [1.82, 2.24) is 14.7 Å². The number of carbonyl (C=O) groups excluding carboxylic acids is 2. The van der Waals surface area contributed by atoms with Crippen molar-refractivity contribution in [3.63, 3.8) is 0 Å². The van der Waals surface area contributed by atoms with Gasteiger partial charge in [0.2, 0.25) is 0 Å². The lowest BCUT2D eigenvalue weighted by atomic mass is 10.1. The zero-order valence-electron chi connectivity index (χ0n) is 14.3. The number of rotatable bonds is 3. The van der Waals surface area contributed by atoms with Gasteiger partial charge in [0, 0.05) is 38.6 Å².